The number of hydrogen-bond acceptors (Lipinski definition) is 5. The van der Waals surface area contributed by atoms with Gasteiger partial charge in [0.2, 0.25) is 11.9 Å². The Morgan fingerprint density at radius 3 is 2.70 bits per heavy atom. The van der Waals surface area contributed by atoms with Gasteiger partial charge >= 0.3 is 5.97 Å². The van der Waals surface area contributed by atoms with Gasteiger partial charge in [0, 0.05) is 50.9 Å². The van der Waals surface area contributed by atoms with E-state index in [0.29, 0.717) is 25.6 Å². The molecule has 0 aromatic carbocycles. The topological polar surface area (TPSA) is 86.6 Å². The minimum Gasteiger partial charge on any atom is -0.481 e. The fourth-order valence-electron chi connectivity index (χ4n) is 3.74. The molecule has 3 rings (SSSR count). The Balaban J connectivity index is 1.88. The highest BCUT2D eigenvalue weighted by atomic mass is 16.4. The maximum Gasteiger partial charge on any atom is 0.313 e. The summed E-state index contributed by atoms with van der Waals surface area (Å²) < 4.78 is 0. The number of carbonyl (C=O) groups is 2. The SMILES string of the molecule is CCc1nc(N2CC3CN(C(C)=O)C[C@]3(C(=O)O)C2)ncc1C. The largest absolute Gasteiger partial charge is 0.481 e. The van der Waals surface area contributed by atoms with Crippen LogP contribution in [0.3, 0.4) is 0 Å². The molecule has 2 saturated heterocycles. The van der Waals surface area contributed by atoms with E-state index in [0.717, 1.165) is 17.7 Å². The molecule has 7 nitrogen and oxygen atoms in total. The van der Waals surface area contributed by atoms with E-state index in [1.54, 1.807) is 11.1 Å². The van der Waals surface area contributed by atoms with Crippen molar-refractivity contribution in [2.24, 2.45) is 11.3 Å². The second-order valence-electron chi connectivity index (χ2n) is 6.59. The third-order valence-electron chi connectivity index (χ3n) is 5.16. The van der Waals surface area contributed by atoms with Gasteiger partial charge in [0.05, 0.1) is 0 Å². The van der Waals surface area contributed by atoms with Crippen LogP contribution in [0.1, 0.15) is 25.1 Å². The van der Waals surface area contributed by atoms with Gasteiger partial charge in [0.1, 0.15) is 5.41 Å². The molecule has 0 bridgehead atoms. The molecule has 0 radical (unpaired) electrons. The van der Waals surface area contributed by atoms with Crippen LogP contribution in [0.25, 0.3) is 0 Å². The van der Waals surface area contributed by atoms with E-state index in [2.05, 4.69) is 9.97 Å². The first kappa shape index (κ1) is 15.7. The average molecular weight is 318 g/mol. The zero-order chi connectivity index (χ0) is 16.8. The van der Waals surface area contributed by atoms with Crippen LogP contribution >= 0.6 is 0 Å². The monoisotopic (exact) mass is 318 g/mol. The molecule has 2 atom stereocenters. The summed E-state index contributed by atoms with van der Waals surface area (Å²) in [5, 5.41) is 9.78. The van der Waals surface area contributed by atoms with Gasteiger partial charge in [-0.2, -0.15) is 0 Å². The fourth-order valence-corrected chi connectivity index (χ4v) is 3.74. The van der Waals surface area contributed by atoms with E-state index in [1.165, 1.54) is 6.92 Å². The van der Waals surface area contributed by atoms with Crippen LogP contribution in [0, 0.1) is 18.3 Å². The highest BCUT2D eigenvalue weighted by molar-refractivity contribution is 5.81. The predicted octanol–water partition coefficient (Wildman–Crippen LogP) is 0.717. The molecule has 1 N–H and O–H groups in total. The summed E-state index contributed by atoms with van der Waals surface area (Å²) in [5.41, 5.74) is 1.12. The van der Waals surface area contributed by atoms with Crippen molar-refractivity contribution in [2.45, 2.75) is 27.2 Å². The number of amides is 1. The Bertz CT molecular complexity index is 663. The molecule has 1 aromatic rings. The zero-order valence-corrected chi connectivity index (χ0v) is 13.7. The van der Waals surface area contributed by atoms with Crippen molar-refractivity contribution in [2.75, 3.05) is 31.1 Å². The number of aliphatic carboxylic acids is 1. The summed E-state index contributed by atoms with van der Waals surface area (Å²) in [6.45, 7) is 7.19. The number of carbonyl (C=O) groups excluding carboxylic acids is 1. The number of hydrogen-bond donors (Lipinski definition) is 1. The Labute approximate surface area is 135 Å². The number of rotatable bonds is 3. The van der Waals surface area contributed by atoms with E-state index in [1.807, 2.05) is 18.7 Å². The second-order valence-corrected chi connectivity index (χ2v) is 6.59. The standard InChI is InChI=1S/C16H22N4O3/c1-4-13-10(2)5-17-15(18-13)20-7-12-6-19(11(3)21)8-16(12,9-20)14(22)23/h5,12H,4,6-9H2,1-3H3,(H,22,23)/t12?,16-/m0/s1. The van der Waals surface area contributed by atoms with Crippen LogP contribution in [-0.2, 0) is 16.0 Å². The molecule has 3 heterocycles. The molecule has 2 aliphatic heterocycles. The quantitative estimate of drug-likeness (QED) is 0.883. The van der Waals surface area contributed by atoms with Gasteiger partial charge in [-0.05, 0) is 18.9 Å². The Morgan fingerprint density at radius 1 is 1.39 bits per heavy atom. The van der Waals surface area contributed by atoms with E-state index in [9.17, 15) is 14.7 Å². The van der Waals surface area contributed by atoms with Crippen molar-refractivity contribution in [3.8, 4) is 0 Å². The molecule has 1 amide bonds. The van der Waals surface area contributed by atoms with Crippen LogP contribution in [0.5, 0.6) is 0 Å². The van der Waals surface area contributed by atoms with Crippen molar-refractivity contribution in [3.05, 3.63) is 17.5 Å². The predicted molar refractivity (Wildman–Crippen MR) is 84.2 cm³/mol. The lowest BCUT2D eigenvalue weighted by Gasteiger charge is -2.25. The van der Waals surface area contributed by atoms with Crippen molar-refractivity contribution in [1.29, 1.82) is 0 Å². The van der Waals surface area contributed by atoms with Crippen molar-refractivity contribution < 1.29 is 14.7 Å². The number of nitrogens with zero attached hydrogens (tertiary/aromatic N) is 4. The van der Waals surface area contributed by atoms with Crippen LogP contribution < -0.4 is 4.90 Å². The van der Waals surface area contributed by atoms with Gasteiger partial charge in [-0.3, -0.25) is 9.59 Å². The van der Waals surface area contributed by atoms with Gasteiger partial charge in [0.25, 0.3) is 0 Å². The van der Waals surface area contributed by atoms with Gasteiger partial charge in [-0.25, -0.2) is 9.97 Å². The Hall–Kier alpha value is -2.18. The number of fused-ring (bicyclic) bond motifs is 1. The Kier molecular flexibility index (Phi) is 3.74. The molecular formula is C16H22N4O3. The highest BCUT2D eigenvalue weighted by Crippen LogP contribution is 2.43. The Morgan fingerprint density at radius 2 is 2.13 bits per heavy atom. The van der Waals surface area contributed by atoms with Crippen molar-refractivity contribution in [1.82, 2.24) is 14.9 Å². The molecule has 2 aliphatic rings. The minimum atomic E-state index is -0.910. The van der Waals surface area contributed by atoms with Crippen molar-refractivity contribution in [3.63, 3.8) is 0 Å². The first-order valence-electron chi connectivity index (χ1n) is 7.93. The molecule has 0 spiro atoms. The molecule has 2 fully saturated rings. The smallest absolute Gasteiger partial charge is 0.313 e. The first-order chi connectivity index (χ1) is 10.9. The molecule has 23 heavy (non-hydrogen) atoms. The summed E-state index contributed by atoms with van der Waals surface area (Å²) in [6.07, 6.45) is 2.62. The lowest BCUT2D eigenvalue weighted by molar-refractivity contribution is -0.148. The van der Waals surface area contributed by atoms with E-state index >= 15 is 0 Å². The number of carboxylic acid groups (broad SMARTS) is 1. The fraction of sp³-hybridized carbons (Fsp3) is 0.625. The molecule has 1 aromatic heterocycles. The van der Waals surface area contributed by atoms with Crippen LogP contribution in [0.4, 0.5) is 5.95 Å². The van der Waals surface area contributed by atoms with Crippen LogP contribution in [0.15, 0.2) is 6.20 Å². The van der Waals surface area contributed by atoms with Gasteiger partial charge in [-0.1, -0.05) is 6.92 Å². The number of aromatic nitrogens is 2. The summed E-state index contributed by atoms with van der Waals surface area (Å²) >= 11 is 0. The van der Waals surface area contributed by atoms with E-state index < -0.39 is 11.4 Å². The lowest BCUT2D eigenvalue weighted by atomic mass is 9.81. The minimum absolute atomic E-state index is 0.0635. The van der Waals surface area contributed by atoms with E-state index in [4.69, 9.17) is 0 Å². The molecule has 124 valence electrons. The molecular weight excluding hydrogens is 296 g/mol. The van der Waals surface area contributed by atoms with Crippen LogP contribution in [0.2, 0.25) is 0 Å². The number of anilines is 1. The summed E-state index contributed by atoms with van der Waals surface area (Å²) in [5.74, 6) is -0.390. The highest BCUT2D eigenvalue weighted by Gasteiger charge is 2.58. The summed E-state index contributed by atoms with van der Waals surface area (Å²) in [6, 6.07) is 0. The molecule has 0 saturated carbocycles. The third-order valence-corrected chi connectivity index (χ3v) is 5.16. The van der Waals surface area contributed by atoms with Crippen LogP contribution in [-0.4, -0.2) is 58.0 Å². The first-order valence-corrected chi connectivity index (χ1v) is 7.93. The summed E-state index contributed by atoms with van der Waals surface area (Å²) in [4.78, 5) is 36.1. The number of likely N-dealkylation sites (tertiary alicyclic amines) is 1. The van der Waals surface area contributed by atoms with Crippen molar-refractivity contribution >= 4 is 17.8 Å². The number of carboxylic acids is 1. The number of aryl methyl sites for hydroxylation is 2. The molecule has 7 heteroatoms. The van der Waals surface area contributed by atoms with E-state index in [-0.39, 0.29) is 18.4 Å². The average Bonchev–Trinajstić information content (AvgIpc) is 3.03. The molecule has 1 unspecified atom stereocenters. The maximum absolute atomic E-state index is 11.9. The summed E-state index contributed by atoms with van der Waals surface area (Å²) in [7, 11) is 0. The van der Waals surface area contributed by atoms with Gasteiger partial charge < -0.3 is 14.9 Å². The third kappa shape index (κ3) is 2.44. The van der Waals surface area contributed by atoms with Gasteiger partial charge in [0.15, 0.2) is 0 Å². The maximum atomic E-state index is 11.9. The zero-order valence-electron chi connectivity index (χ0n) is 13.7. The lowest BCUT2D eigenvalue weighted by Crippen LogP contribution is -2.42. The molecule has 0 aliphatic carbocycles. The second kappa shape index (κ2) is 5.47. The van der Waals surface area contributed by atoms with Gasteiger partial charge in [-0.15, -0.1) is 0 Å². The normalized spacial score (nSPS) is 26.5.